The minimum absolute atomic E-state index is 0.567. The van der Waals surface area contributed by atoms with Crippen molar-refractivity contribution < 1.29 is 4.42 Å². The maximum atomic E-state index is 6.96. The summed E-state index contributed by atoms with van der Waals surface area (Å²) in [7, 11) is 0. The Balaban J connectivity index is 0.978. The van der Waals surface area contributed by atoms with Gasteiger partial charge in [-0.3, -0.25) is 0 Å². The molecule has 0 aliphatic rings. The normalized spacial score (nSPS) is 11.9. The molecule has 0 saturated heterocycles. The van der Waals surface area contributed by atoms with Gasteiger partial charge in [0.05, 0.1) is 27.8 Å². The summed E-state index contributed by atoms with van der Waals surface area (Å²) >= 11 is 0. The van der Waals surface area contributed by atoms with Crippen molar-refractivity contribution in [1.29, 1.82) is 0 Å². The van der Waals surface area contributed by atoms with Crippen molar-refractivity contribution in [3.63, 3.8) is 0 Å². The molecule has 330 valence electrons. The molecular formula is C65H39N5O. The van der Waals surface area contributed by atoms with Crippen LogP contribution in [0.1, 0.15) is 0 Å². The van der Waals surface area contributed by atoms with Crippen molar-refractivity contribution in [2.45, 2.75) is 0 Å². The minimum Gasteiger partial charge on any atom is -0.456 e. The highest BCUT2D eigenvalue weighted by Gasteiger charge is 2.23. The topological polar surface area (TPSA) is 61.7 Å². The molecule has 0 atom stereocenters. The Kier molecular flexibility index (Phi) is 8.56. The maximum absolute atomic E-state index is 6.96. The molecule has 0 aliphatic heterocycles. The molecule has 0 aliphatic carbocycles. The molecule has 6 heteroatoms. The van der Waals surface area contributed by atoms with Gasteiger partial charge < -0.3 is 13.6 Å². The second kappa shape index (κ2) is 15.4. The van der Waals surface area contributed by atoms with E-state index in [0.717, 1.165) is 105 Å². The van der Waals surface area contributed by atoms with Gasteiger partial charge in [-0.15, -0.1) is 0 Å². The Morgan fingerprint density at radius 3 is 1.63 bits per heavy atom. The Labute approximate surface area is 407 Å². The third-order valence-electron chi connectivity index (χ3n) is 14.3. The summed E-state index contributed by atoms with van der Waals surface area (Å²) in [5.74, 6) is 1.75. The zero-order chi connectivity index (χ0) is 46.6. The average molecular weight is 906 g/mol. The molecule has 71 heavy (non-hydrogen) atoms. The predicted molar refractivity (Wildman–Crippen MR) is 293 cm³/mol. The second-order valence-electron chi connectivity index (χ2n) is 18.4. The first-order valence-corrected chi connectivity index (χ1v) is 24.0. The first kappa shape index (κ1) is 39.4. The molecule has 11 aromatic carbocycles. The molecule has 6 nitrogen and oxygen atoms in total. The zero-order valence-electron chi connectivity index (χ0n) is 38.2. The molecule has 15 aromatic rings. The lowest BCUT2D eigenvalue weighted by Crippen LogP contribution is -2.01. The highest BCUT2D eigenvalue weighted by molar-refractivity contribution is 6.17. The van der Waals surface area contributed by atoms with Crippen molar-refractivity contribution in [2.75, 3.05) is 0 Å². The third-order valence-corrected chi connectivity index (χ3v) is 14.3. The number of nitrogens with zero attached hydrogens (tertiary/aromatic N) is 5. The highest BCUT2D eigenvalue weighted by Crippen LogP contribution is 2.44. The third kappa shape index (κ3) is 6.18. The maximum Gasteiger partial charge on any atom is 0.164 e. The molecular weight excluding hydrogens is 867 g/mol. The number of fused-ring (bicyclic) bond motifs is 11. The van der Waals surface area contributed by atoms with Gasteiger partial charge in [-0.25, -0.2) is 15.0 Å². The van der Waals surface area contributed by atoms with Crippen molar-refractivity contribution in [3.05, 3.63) is 237 Å². The lowest BCUT2D eigenvalue weighted by atomic mass is 9.98. The van der Waals surface area contributed by atoms with E-state index in [1.807, 2.05) is 6.07 Å². The number of rotatable bonds is 6. The van der Waals surface area contributed by atoms with Crippen LogP contribution in [-0.2, 0) is 0 Å². The molecule has 0 bridgehead atoms. The van der Waals surface area contributed by atoms with E-state index in [1.165, 1.54) is 21.5 Å². The molecule has 15 rings (SSSR count). The van der Waals surface area contributed by atoms with Crippen LogP contribution in [0.15, 0.2) is 241 Å². The molecule has 0 amide bonds. The van der Waals surface area contributed by atoms with E-state index in [2.05, 4.69) is 240 Å². The van der Waals surface area contributed by atoms with Gasteiger partial charge in [0.15, 0.2) is 17.5 Å². The van der Waals surface area contributed by atoms with Crippen LogP contribution in [0.25, 0.3) is 144 Å². The number of benzene rings is 11. The second-order valence-corrected chi connectivity index (χ2v) is 18.4. The molecule has 0 N–H and O–H groups in total. The fourth-order valence-corrected chi connectivity index (χ4v) is 11.0. The lowest BCUT2D eigenvalue weighted by molar-refractivity contribution is 0.668. The first-order valence-electron chi connectivity index (χ1n) is 24.0. The number of aromatic nitrogens is 5. The summed E-state index contributed by atoms with van der Waals surface area (Å²) in [6.07, 6.45) is 0. The van der Waals surface area contributed by atoms with Gasteiger partial charge in [0, 0.05) is 66.3 Å². The largest absolute Gasteiger partial charge is 0.456 e. The number of hydrogen-bond donors (Lipinski definition) is 0. The molecule has 0 saturated carbocycles. The zero-order valence-corrected chi connectivity index (χ0v) is 38.2. The van der Waals surface area contributed by atoms with Crippen LogP contribution in [0.2, 0.25) is 0 Å². The summed E-state index contributed by atoms with van der Waals surface area (Å²) in [6.45, 7) is 0. The van der Waals surface area contributed by atoms with E-state index in [4.69, 9.17) is 19.4 Å². The number of para-hydroxylation sites is 3. The van der Waals surface area contributed by atoms with Crippen LogP contribution >= 0.6 is 0 Å². The van der Waals surface area contributed by atoms with Gasteiger partial charge in [0.1, 0.15) is 11.2 Å². The molecule has 0 unspecified atom stereocenters. The summed E-state index contributed by atoms with van der Waals surface area (Å²) < 4.78 is 11.7. The van der Waals surface area contributed by atoms with E-state index in [0.29, 0.717) is 17.5 Å². The minimum atomic E-state index is 0.567. The SMILES string of the molecule is c1ccc(-c2cc3c(cc2-n2c4ccccc4c4cc5ccccc5cc42)oc2cccc(-c4nc(-c5ccc6ccccc6c5)nc(-c5ccc6c(c5)c5ccccc5n6-c5ccccc5)n4)c23)cc1. The number of hydrogen-bond acceptors (Lipinski definition) is 4. The lowest BCUT2D eigenvalue weighted by Gasteiger charge is -2.15. The van der Waals surface area contributed by atoms with Crippen LogP contribution in [0.5, 0.6) is 0 Å². The van der Waals surface area contributed by atoms with Crippen LogP contribution in [0, 0.1) is 0 Å². The Bertz CT molecular complexity index is 4640. The van der Waals surface area contributed by atoms with E-state index in [-0.39, 0.29) is 0 Å². The fourth-order valence-electron chi connectivity index (χ4n) is 11.0. The summed E-state index contributed by atoms with van der Waals surface area (Å²) in [4.78, 5) is 16.1. The fraction of sp³-hybridized carbons (Fsp3) is 0. The van der Waals surface area contributed by atoms with Gasteiger partial charge in [-0.2, -0.15) is 0 Å². The summed E-state index contributed by atoms with van der Waals surface area (Å²) in [5.41, 5.74) is 13.1. The smallest absolute Gasteiger partial charge is 0.164 e. The van der Waals surface area contributed by atoms with Crippen LogP contribution < -0.4 is 0 Å². The Hall–Kier alpha value is -9.65. The van der Waals surface area contributed by atoms with Crippen LogP contribution in [-0.4, -0.2) is 24.1 Å². The standard InChI is InChI=1S/C65H39N5O/c1-3-17-41(18-4-1)51-38-54-61(39-59(51)70-56-28-14-12-25-49(56)53-35-43-20-9-10-21-44(43)37-58(53)70)71-60-29-15-26-50(62(54)60)65-67-63(45-31-30-40-16-7-8-19-42(40)34-45)66-64(68-65)46-32-33-57-52(36-46)48-24-11-13-27-55(48)69(57)47-22-5-2-6-23-47/h1-39H. The Morgan fingerprint density at radius 2 is 0.873 bits per heavy atom. The van der Waals surface area contributed by atoms with E-state index >= 15 is 0 Å². The summed E-state index contributed by atoms with van der Waals surface area (Å²) in [5, 5.41) is 11.3. The van der Waals surface area contributed by atoms with Crippen molar-refractivity contribution >= 4 is 87.1 Å². The average Bonchev–Trinajstić information content (AvgIpc) is 4.09. The highest BCUT2D eigenvalue weighted by atomic mass is 16.3. The van der Waals surface area contributed by atoms with E-state index in [1.54, 1.807) is 0 Å². The molecule has 0 fully saturated rings. The summed E-state index contributed by atoms with van der Waals surface area (Å²) in [6, 6.07) is 83.9. The molecule has 4 aromatic heterocycles. The van der Waals surface area contributed by atoms with Crippen LogP contribution in [0.4, 0.5) is 0 Å². The number of furan rings is 1. The first-order chi connectivity index (χ1) is 35.2. The van der Waals surface area contributed by atoms with Gasteiger partial charge >= 0.3 is 0 Å². The van der Waals surface area contributed by atoms with Gasteiger partial charge in [0.2, 0.25) is 0 Å². The van der Waals surface area contributed by atoms with E-state index < -0.39 is 0 Å². The Morgan fingerprint density at radius 1 is 0.296 bits per heavy atom. The van der Waals surface area contributed by atoms with Gasteiger partial charge in [0.25, 0.3) is 0 Å². The molecule has 4 heterocycles. The monoisotopic (exact) mass is 905 g/mol. The quantitative estimate of drug-likeness (QED) is 0.167. The van der Waals surface area contributed by atoms with Gasteiger partial charge in [-0.1, -0.05) is 158 Å². The van der Waals surface area contributed by atoms with Crippen LogP contribution in [0.3, 0.4) is 0 Å². The molecule has 0 spiro atoms. The van der Waals surface area contributed by atoms with E-state index in [9.17, 15) is 0 Å². The van der Waals surface area contributed by atoms with Crippen molar-refractivity contribution in [3.8, 4) is 56.7 Å². The predicted octanol–water partition coefficient (Wildman–Crippen LogP) is 16.9. The van der Waals surface area contributed by atoms with Crippen molar-refractivity contribution in [1.82, 2.24) is 24.1 Å². The molecule has 0 radical (unpaired) electrons. The van der Waals surface area contributed by atoms with Crippen molar-refractivity contribution in [2.24, 2.45) is 0 Å². The van der Waals surface area contributed by atoms with Gasteiger partial charge in [-0.05, 0) is 99.9 Å².